The van der Waals surface area contributed by atoms with Gasteiger partial charge in [-0.1, -0.05) is 11.8 Å². The van der Waals surface area contributed by atoms with Gasteiger partial charge in [-0.3, -0.25) is 4.79 Å². The fourth-order valence-corrected chi connectivity index (χ4v) is 4.89. The summed E-state index contributed by atoms with van der Waals surface area (Å²) in [6.45, 7) is 0. The molecule has 0 spiro atoms. The van der Waals surface area contributed by atoms with Gasteiger partial charge in [-0.2, -0.15) is 11.8 Å². The van der Waals surface area contributed by atoms with E-state index in [0.29, 0.717) is 5.75 Å². The Balaban J connectivity index is 3.11. The second-order valence-electron chi connectivity index (χ2n) is 2.33. The first kappa shape index (κ1) is 16.4. The molecule has 0 bridgehead atoms. The Hall–Kier alpha value is 1.38. The van der Waals surface area contributed by atoms with Gasteiger partial charge in [0.15, 0.2) is 5.12 Å². The molecule has 0 atom stereocenters. The van der Waals surface area contributed by atoms with Crippen LogP contribution in [0.5, 0.6) is 0 Å². The molecule has 0 saturated heterocycles. The van der Waals surface area contributed by atoms with Gasteiger partial charge in [0.05, 0.1) is 11.7 Å². The van der Waals surface area contributed by atoms with Crippen LogP contribution in [0.2, 0.25) is 0 Å². The average Bonchev–Trinajstić information content (AvgIpc) is 2.24. The van der Waals surface area contributed by atoms with Gasteiger partial charge in [0.2, 0.25) is 0 Å². The summed E-state index contributed by atoms with van der Waals surface area (Å²) in [7, 11) is 0. The van der Waals surface area contributed by atoms with Crippen LogP contribution in [0.3, 0.4) is 0 Å². The van der Waals surface area contributed by atoms with Crippen molar-refractivity contribution in [3.05, 3.63) is 0 Å². The summed E-state index contributed by atoms with van der Waals surface area (Å²) in [5, 5.41) is 10.9. The molecule has 2 nitrogen and oxygen atoms in total. The first-order valence-electron chi connectivity index (χ1n) is 4.30. The predicted octanol–water partition coefficient (Wildman–Crippen LogP) is 2.67. The highest BCUT2D eigenvalue weighted by molar-refractivity contribution is 8.23. The summed E-state index contributed by atoms with van der Waals surface area (Å²) in [5.74, 6) is 2.41. The van der Waals surface area contributed by atoms with Crippen molar-refractivity contribution in [1.29, 1.82) is 0 Å². The Labute approximate surface area is 113 Å². The Morgan fingerprint density at radius 2 is 1.93 bits per heavy atom. The van der Waals surface area contributed by atoms with Crippen molar-refractivity contribution in [2.45, 2.75) is 0 Å². The van der Waals surface area contributed by atoms with Gasteiger partial charge in [0.25, 0.3) is 0 Å². The van der Waals surface area contributed by atoms with Crippen LogP contribution in [0.15, 0.2) is 0 Å². The van der Waals surface area contributed by atoms with E-state index in [1.807, 2.05) is 23.5 Å². The molecule has 0 saturated carbocycles. The zero-order chi connectivity index (χ0) is 11.4. The number of aliphatic hydroxyl groups excluding tert-OH is 1. The molecule has 0 fully saturated rings. The lowest BCUT2D eigenvalue weighted by atomic mass is 10.9. The number of hydrogen-bond donors (Lipinski definition) is 1. The van der Waals surface area contributed by atoms with Gasteiger partial charge in [-0.05, 0) is 6.26 Å². The molecular formula is C8H16O2S5. The zero-order valence-corrected chi connectivity index (χ0v) is 12.7. The van der Waals surface area contributed by atoms with Crippen LogP contribution < -0.4 is 0 Å². The number of rotatable bonds is 10. The van der Waals surface area contributed by atoms with Crippen molar-refractivity contribution < 1.29 is 9.90 Å². The topological polar surface area (TPSA) is 37.3 Å². The van der Waals surface area contributed by atoms with Crippen LogP contribution in [0.4, 0.5) is 0 Å². The summed E-state index contributed by atoms with van der Waals surface area (Å²) in [5.41, 5.74) is 0. The smallest absolute Gasteiger partial charge is 0.198 e. The van der Waals surface area contributed by atoms with Crippen LogP contribution in [-0.2, 0) is 4.79 Å². The molecule has 0 aliphatic heterocycles. The minimum atomic E-state index is 0.148. The molecule has 0 aromatic rings. The molecule has 0 heterocycles. The van der Waals surface area contributed by atoms with Crippen molar-refractivity contribution in [2.24, 2.45) is 0 Å². The molecule has 0 aliphatic carbocycles. The van der Waals surface area contributed by atoms with Gasteiger partial charge in [0.1, 0.15) is 0 Å². The minimum absolute atomic E-state index is 0.148. The Morgan fingerprint density at radius 1 is 1.13 bits per heavy atom. The van der Waals surface area contributed by atoms with E-state index in [1.165, 1.54) is 23.5 Å². The fourth-order valence-electron chi connectivity index (χ4n) is 0.622. The van der Waals surface area contributed by atoms with Crippen molar-refractivity contribution in [1.82, 2.24) is 0 Å². The normalized spacial score (nSPS) is 10.5. The third-order valence-electron chi connectivity index (χ3n) is 1.17. The van der Waals surface area contributed by atoms with E-state index < -0.39 is 0 Å². The Morgan fingerprint density at radius 3 is 2.60 bits per heavy atom. The maximum atomic E-state index is 11.3. The van der Waals surface area contributed by atoms with Gasteiger partial charge in [0, 0.05) is 21.7 Å². The van der Waals surface area contributed by atoms with Crippen molar-refractivity contribution in [3.8, 4) is 0 Å². The Kier molecular flexibility index (Phi) is 14.7. The molecule has 15 heavy (non-hydrogen) atoms. The van der Waals surface area contributed by atoms with Gasteiger partial charge >= 0.3 is 0 Å². The second-order valence-corrected chi connectivity index (χ2v) is 8.13. The molecule has 0 aliphatic rings. The van der Waals surface area contributed by atoms with Crippen molar-refractivity contribution in [2.75, 3.05) is 39.6 Å². The summed E-state index contributed by atoms with van der Waals surface area (Å²) in [6, 6.07) is 0. The molecule has 0 amide bonds. The van der Waals surface area contributed by atoms with E-state index in [1.54, 1.807) is 11.8 Å². The van der Waals surface area contributed by atoms with Gasteiger partial charge in [-0.25, -0.2) is 0 Å². The number of carbonyl (C=O) groups is 1. The number of thioether (sulfide) groups is 5. The van der Waals surface area contributed by atoms with Crippen molar-refractivity contribution >= 4 is 63.9 Å². The predicted molar refractivity (Wildman–Crippen MR) is 80.3 cm³/mol. The number of aliphatic hydroxyl groups is 1. The maximum Gasteiger partial charge on any atom is 0.198 e. The molecule has 0 rings (SSSR count). The monoisotopic (exact) mass is 304 g/mol. The van der Waals surface area contributed by atoms with Gasteiger partial charge < -0.3 is 5.11 Å². The number of hydrogen-bond acceptors (Lipinski definition) is 7. The molecule has 0 radical (unpaired) electrons. The first-order valence-corrected chi connectivity index (χ1v) is 10.1. The summed E-state index contributed by atoms with van der Waals surface area (Å²) < 4.78 is 0. The van der Waals surface area contributed by atoms with Crippen LogP contribution >= 0.6 is 58.8 Å². The largest absolute Gasteiger partial charge is 0.386 e. The molecule has 1 N–H and O–H groups in total. The molecule has 0 aromatic heterocycles. The van der Waals surface area contributed by atoms with Crippen molar-refractivity contribution in [3.63, 3.8) is 0 Å². The molecule has 90 valence electrons. The third kappa shape index (κ3) is 13.3. The summed E-state index contributed by atoms with van der Waals surface area (Å²) in [6.07, 6.45) is 2.08. The van der Waals surface area contributed by atoms with E-state index in [-0.39, 0.29) is 11.1 Å². The molecule has 0 unspecified atom stereocenters. The minimum Gasteiger partial charge on any atom is -0.386 e. The van der Waals surface area contributed by atoms with Crippen LogP contribution in [0, 0.1) is 0 Å². The number of carbonyl (C=O) groups excluding carboxylic acids is 1. The maximum absolute atomic E-state index is 11.3. The van der Waals surface area contributed by atoms with Crippen LogP contribution in [0.25, 0.3) is 0 Å². The lowest BCUT2D eigenvalue weighted by molar-refractivity contribution is -0.108. The Bertz CT molecular complexity index is 156. The molecule has 0 aromatic carbocycles. The SMILES string of the molecule is CSCSCSCC(=O)SCCSCO. The van der Waals surface area contributed by atoms with E-state index in [4.69, 9.17) is 5.11 Å². The highest BCUT2D eigenvalue weighted by Crippen LogP contribution is 2.18. The lowest BCUT2D eigenvalue weighted by Crippen LogP contribution is -1.98. The van der Waals surface area contributed by atoms with E-state index in [0.717, 1.165) is 21.7 Å². The summed E-state index contributed by atoms with van der Waals surface area (Å²) in [4.78, 5) is 11.3. The second kappa shape index (κ2) is 13.4. The third-order valence-corrected chi connectivity index (χ3v) is 6.57. The quantitative estimate of drug-likeness (QED) is 0.491. The fraction of sp³-hybridized carbons (Fsp3) is 0.875. The van der Waals surface area contributed by atoms with Crippen LogP contribution in [0.1, 0.15) is 0 Å². The van der Waals surface area contributed by atoms with E-state index in [9.17, 15) is 4.79 Å². The highest BCUT2D eigenvalue weighted by atomic mass is 32.2. The van der Waals surface area contributed by atoms with E-state index >= 15 is 0 Å². The summed E-state index contributed by atoms with van der Waals surface area (Å²) >= 11 is 8.18. The average molecular weight is 305 g/mol. The molecule has 7 heteroatoms. The molecular weight excluding hydrogens is 288 g/mol. The van der Waals surface area contributed by atoms with Gasteiger partial charge in [-0.15, -0.1) is 35.3 Å². The zero-order valence-electron chi connectivity index (χ0n) is 8.64. The lowest BCUT2D eigenvalue weighted by Gasteiger charge is -2.00. The first-order chi connectivity index (χ1) is 7.31. The standard InChI is InChI=1S/C8H16O2S5/c1-11-6-14-7-13-4-8(10)15-3-2-12-5-9/h9H,2-7H2,1H3. The van der Waals surface area contributed by atoms with Crippen LogP contribution in [-0.4, -0.2) is 49.8 Å². The highest BCUT2D eigenvalue weighted by Gasteiger charge is 2.02. The van der Waals surface area contributed by atoms with E-state index in [2.05, 4.69) is 6.26 Å².